The Labute approximate surface area is 137 Å². The summed E-state index contributed by atoms with van der Waals surface area (Å²) >= 11 is 0. The van der Waals surface area contributed by atoms with Gasteiger partial charge in [0.1, 0.15) is 0 Å². The van der Waals surface area contributed by atoms with E-state index in [1.54, 1.807) is 7.11 Å². The third-order valence-electron chi connectivity index (χ3n) is 4.67. The van der Waals surface area contributed by atoms with Gasteiger partial charge in [-0.25, -0.2) is 0 Å². The number of ether oxygens (including phenoxy) is 1. The van der Waals surface area contributed by atoms with Crippen molar-refractivity contribution in [3.63, 3.8) is 0 Å². The molecule has 0 heterocycles. The van der Waals surface area contributed by atoms with Gasteiger partial charge in [-0.05, 0) is 23.1 Å². The van der Waals surface area contributed by atoms with E-state index in [0.717, 1.165) is 19.3 Å². The molecule has 0 saturated heterocycles. The zero-order chi connectivity index (χ0) is 16.1. The number of amides is 1. The highest BCUT2D eigenvalue weighted by molar-refractivity contribution is 5.76. The summed E-state index contributed by atoms with van der Waals surface area (Å²) in [5.41, 5.74) is 3.55. The molecule has 0 aromatic heterocycles. The second kappa shape index (κ2) is 6.97. The van der Waals surface area contributed by atoms with Crippen molar-refractivity contribution in [1.82, 2.24) is 5.32 Å². The fourth-order valence-electron chi connectivity index (χ4n) is 3.25. The Morgan fingerprint density at radius 3 is 2.26 bits per heavy atom. The Hall–Kier alpha value is -2.13. The Balaban J connectivity index is 1.52. The van der Waals surface area contributed by atoms with Gasteiger partial charge in [-0.1, -0.05) is 54.6 Å². The Bertz CT molecular complexity index is 641. The molecule has 1 aliphatic rings. The lowest BCUT2D eigenvalue weighted by Gasteiger charge is -2.27. The van der Waals surface area contributed by atoms with Crippen molar-refractivity contribution in [2.75, 3.05) is 13.7 Å². The molecule has 0 aliphatic heterocycles. The summed E-state index contributed by atoms with van der Waals surface area (Å²) in [6.07, 6.45) is 3.00. The largest absolute Gasteiger partial charge is 0.376 e. The van der Waals surface area contributed by atoms with Gasteiger partial charge in [-0.3, -0.25) is 4.79 Å². The lowest BCUT2D eigenvalue weighted by Crippen LogP contribution is -2.45. The molecule has 0 saturated carbocycles. The van der Waals surface area contributed by atoms with Gasteiger partial charge in [-0.2, -0.15) is 0 Å². The predicted molar refractivity (Wildman–Crippen MR) is 91.4 cm³/mol. The van der Waals surface area contributed by atoms with Crippen molar-refractivity contribution in [3.05, 3.63) is 71.3 Å². The number of nitrogens with one attached hydrogen (secondary N) is 1. The number of rotatable bonds is 6. The Kier molecular flexibility index (Phi) is 4.77. The van der Waals surface area contributed by atoms with Crippen molar-refractivity contribution >= 4 is 5.91 Å². The quantitative estimate of drug-likeness (QED) is 0.891. The molecule has 2 aromatic rings. The van der Waals surface area contributed by atoms with Gasteiger partial charge in [0.15, 0.2) is 0 Å². The van der Waals surface area contributed by atoms with E-state index in [4.69, 9.17) is 4.74 Å². The molecule has 3 rings (SSSR count). The third kappa shape index (κ3) is 3.80. The number of carbonyl (C=O) groups is 1. The van der Waals surface area contributed by atoms with Crippen LogP contribution in [0.1, 0.15) is 23.1 Å². The van der Waals surface area contributed by atoms with Gasteiger partial charge in [0.2, 0.25) is 5.91 Å². The highest BCUT2D eigenvalue weighted by Crippen LogP contribution is 2.32. The molecule has 0 radical (unpaired) electrons. The van der Waals surface area contributed by atoms with Crippen LogP contribution in [0.25, 0.3) is 0 Å². The topological polar surface area (TPSA) is 38.3 Å². The van der Waals surface area contributed by atoms with Crippen LogP contribution in [0, 0.1) is 0 Å². The van der Waals surface area contributed by atoms with Gasteiger partial charge >= 0.3 is 0 Å². The SMILES string of the molecule is COC1(CNC(=O)CCc2ccccc2)Cc2ccccc2C1. The first-order valence-corrected chi connectivity index (χ1v) is 8.13. The number of aryl methyl sites for hydroxylation is 1. The molecular formula is C20H23NO2. The van der Waals surface area contributed by atoms with Crippen LogP contribution in [-0.2, 0) is 28.8 Å². The molecule has 23 heavy (non-hydrogen) atoms. The van der Waals surface area contributed by atoms with Crippen molar-refractivity contribution in [3.8, 4) is 0 Å². The number of carbonyl (C=O) groups excluding carboxylic acids is 1. The maximum Gasteiger partial charge on any atom is 0.220 e. The monoisotopic (exact) mass is 309 g/mol. The van der Waals surface area contributed by atoms with Crippen LogP contribution >= 0.6 is 0 Å². The van der Waals surface area contributed by atoms with Crippen LogP contribution in [0.5, 0.6) is 0 Å². The molecule has 3 nitrogen and oxygen atoms in total. The number of methoxy groups -OCH3 is 1. The highest BCUT2D eigenvalue weighted by atomic mass is 16.5. The minimum atomic E-state index is -0.300. The van der Waals surface area contributed by atoms with Crippen molar-refractivity contribution < 1.29 is 9.53 Å². The van der Waals surface area contributed by atoms with E-state index in [-0.39, 0.29) is 11.5 Å². The first-order valence-electron chi connectivity index (χ1n) is 8.13. The zero-order valence-corrected chi connectivity index (χ0v) is 13.5. The van der Waals surface area contributed by atoms with Crippen LogP contribution in [-0.4, -0.2) is 25.2 Å². The normalized spacial score (nSPS) is 15.2. The average Bonchev–Trinajstić information content (AvgIpc) is 2.98. The molecule has 0 unspecified atom stereocenters. The lowest BCUT2D eigenvalue weighted by molar-refractivity contribution is -0.122. The number of benzene rings is 2. The van der Waals surface area contributed by atoms with Crippen LogP contribution < -0.4 is 5.32 Å². The van der Waals surface area contributed by atoms with E-state index in [0.29, 0.717) is 13.0 Å². The fraction of sp³-hybridized carbons (Fsp3) is 0.350. The molecule has 0 fully saturated rings. The van der Waals surface area contributed by atoms with Gasteiger partial charge in [-0.15, -0.1) is 0 Å². The minimum Gasteiger partial charge on any atom is -0.376 e. The van der Waals surface area contributed by atoms with Crippen LogP contribution in [0.15, 0.2) is 54.6 Å². The Morgan fingerprint density at radius 2 is 1.65 bits per heavy atom. The molecule has 0 spiro atoms. The molecule has 0 bridgehead atoms. The maximum absolute atomic E-state index is 12.1. The molecule has 1 aliphatic carbocycles. The van der Waals surface area contributed by atoms with E-state index in [1.807, 2.05) is 18.2 Å². The van der Waals surface area contributed by atoms with Crippen molar-refractivity contribution in [2.45, 2.75) is 31.3 Å². The summed E-state index contributed by atoms with van der Waals surface area (Å²) in [5, 5.41) is 3.06. The smallest absolute Gasteiger partial charge is 0.220 e. The molecule has 0 atom stereocenters. The summed E-state index contributed by atoms with van der Waals surface area (Å²) in [7, 11) is 1.74. The second-order valence-corrected chi connectivity index (χ2v) is 6.27. The minimum absolute atomic E-state index is 0.0845. The first kappa shape index (κ1) is 15.8. The second-order valence-electron chi connectivity index (χ2n) is 6.27. The van der Waals surface area contributed by atoms with E-state index >= 15 is 0 Å². The summed E-state index contributed by atoms with van der Waals surface area (Å²) in [5.74, 6) is 0.0845. The lowest BCUT2D eigenvalue weighted by atomic mass is 10.00. The first-order chi connectivity index (χ1) is 11.2. The summed E-state index contributed by atoms with van der Waals surface area (Å²) < 4.78 is 5.78. The van der Waals surface area contributed by atoms with Gasteiger partial charge < -0.3 is 10.1 Å². The van der Waals surface area contributed by atoms with E-state index in [2.05, 4.69) is 41.7 Å². The Morgan fingerprint density at radius 1 is 1.04 bits per heavy atom. The van der Waals surface area contributed by atoms with Crippen LogP contribution in [0.4, 0.5) is 0 Å². The zero-order valence-electron chi connectivity index (χ0n) is 13.5. The van der Waals surface area contributed by atoms with Gasteiger partial charge in [0, 0.05) is 32.9 Å². The van der Waals surface area contributed by atoms with E-state index in [9.17, 15) is 4.79 Å². The standard InChI is InChI=1S/C20H23NO2/c1-23-20(13-17-9-5-6-10-18(17)14-20)15-21-19(22)12-11-16-7-3-2-4-8-16/h2-10H,11-15H2,1H3,(H,21,22). The molecule has 2 aromatic carbocycles. The number of hydrogen-bond acceptors (Lipinski definition) is 2. The summed E-state index contributed by atoms with van der Waals surface area (Å²) in [6.45, 7) is 0.561. The highest BCUT2D eigenvalue weighted by Gasteiger charge is 2.37. The molecule has 120 valence electrons. The predicted octanol–water partition coefficient (Wildman–Crippen LogP) is 2.92. The van der Waals surface area contributed by atoms with Gasteiger partial charge in [0.25, 0.3) is 0 Å². The molecular weight excluding hydrogens is 286 g/mol. The van der Waals surface area contributed by atoms with Gasteiger partial charge in [0.05, 0.1) is 5.60 Å². The molecule has 1 N–H and O–H groups in total. The third-order valence-corrected chi connectivity index (χ3v) is 4.67. The summed E-state index contributed by atoms with van der Waals surface area (Å²) in [4.78, 5) is 12.1. The van der Waals surface area contributed by atoms with Crippen LogP contribution in [0.2, 0.25) is 0 Å². The molecule has 3 heteroatoms. The fourth-order valence-corrected chi connectivity index (χ4v) is 3.25. The average molecular weight is 309 g/mol. The number of fused-ring (bicyclic) bond motifs is 1. The van der Waals surface area contributed by atoms with E-state index < -0.39 is 0 Å². The van der Waals surface area contributed by atoms with E-state index in [1.165, 1.54) is 16.7 Å². The maximum atomic E-state index is 12.1. The van der Waals surface area contributed by atoms with Crippen LogP contribution in [0.3, 0.4) is 0 Å². The number of hydrogen-bond donors (Lipinski definition) is 1. The van der Waals surface area contributed by atoms with Crippen molar-refractivity contribution in [1.29, 1.82) is 0 Å². The van der Waals surface area contributed by atoms with Crippen molar-refractivity contribution in [2.24, 2.45) is 0 Å². The molecule has 1 amide bonds. The summed E-state index contributed by atoms with van der Waals surface area (Å²) in [6, 6.07) is 18.5.